The number of halogens is 1. The fourth-order valence-corrected chi connectivity index (χ4v) is 2.28. The van der Waals surface area contributed by atoms with Crippen molar-refractivity contribution in [2.24, 2.45) is 0 Å². The van der Waals surface area contributed by atoms with Crippen molar-refractivity contribution in [3.8, 4) is 0 Å². The van der Waals surface area contributed by atoms with Gasteiger partial charge in [0, 0.05) is 24.2 Å². The topological polar surface area (TPSA) is 29.0 Å². The summed E-state index contributed by atoms with van der Waals surface area (Å²) in [4.78, 5) is 11.1. The van der Waals surface area contributed by atoms with Crippen LogP contribution in [0.1, 0.15) is 38.1 Å². The van der Waals surface area contributed by atoms with Crippen LogP contribution in [0.25, 0.3) is 0 Å². The summed E-state index contributed by atoms with van der Waals surface area (Å²) in [6.07, 6.45) is 0. The van der Waals surface area contributed by atoms with Gasteiger partial charge >= 0.3 is 0 Å². The number of hydrogen-bond acceptors (Lipinski definition) is 3. The van der Waals surface area contributed by atoms with Gasteiger partial charge in [-0.3, -0.25) is 0 Å². The Morgan fingerprint density at radius 2 is 1.95 bits per heavy atom. The van der Waals surface area contributed by atoms with Gasteiger partial charge in [0.25, 0.3) is 0 Å². The standard InChI is InChI=1S/C16H20ClN3/c1-5-20(13-8-6-7-12(4)9-13)15-10-14(17)18-16(19-15)11(2)3/h6-11H,5H2,1-4H3. The van der Waals surface area contributed by atoms with Gasteiger partial charge in [0.2, 0.25) is 0 Å². The van der Waals surface area contributed by atoms with Crippen LogP contribution in [0.2, 0.25) is 5.15 Å². The molecule has 0 fully saturated rings. The van der Waals surface area contributed by atoms with Crippen molar-refractivity contribution in [3.63, 3.8) is 0 Å². The first-order valence-corrected chi connectivity index (χ1v) is 7.27. The predicted octanol–water partition coefficient (Wildman–Crippen LogP) is 4.72. The molecule has 0 saturated heterocycles. The average molecular weight is 290 g/mol. The van der Waals surface area contributed by atoms with Crippen LogP contribution in [-0.4, -0.2) is 16.5 Å². The number of rotatable bonds is 4. The van der Waals surface area contributed by atoms with Crippen molar-refractivity contribution in [1.82, 2.24) is 9.97 Å². The van der Waals surface area contributed by atoms with Gasteiger partial charge in [0.15, 0.2) is 0 Å². The van der Waals surface area contributed by atoms with E-state index >= 15 is 0 Å². The lowest BCUT2D eigenvalue weighted by molar-refractivity contribution is 0.769. The first-order valence-electron chi connectivity index (χ1n) is 6.90. The number of nitrogens with zero attached hydrogens (tertiary/aromatic N) is 3. The zero-order valence-electron chi connectivity index (χ0n) is 12.4. The zero-order valence-corrected chi connectivity index (χ0v) is 13.1. The maximum Gasteiger partial charge on any atom is 0.138 e. The summed E-state index contributed by atoms with van der Waals surface area (Å²) in [5.41, 5.74) is 2.35. The van der Waals surface area contributed by atoms with Crippen molar-refractivity contribution >= 4 is 23.1 Å². The van der Waals surface area contributed by atoms with Crippen LogP contribution >= 0.6 is 11.6 Å². The molecular formula is C16H20ClN3. The van der Waals surface area contributed by atoms with Gasteiger partial charge in [-0.05, 0) is 31.5 Å². The fraction of sp³-hybridized carbons (Fsp3) is 0.375. The monoisotopic (exact) mass is 289 g/mol. The van der Waals surface area contributed by atoms with Crippen LogP contribution < -0.4 is 4.90 Å². The van der Waals surface area contributed by atoms with E-state index in [0.717, 1.165) is 23.9 Å². The van der Waals surface area contributed by atoms with E-state index in [2.05, 4.69) is 66.8 Å². The number of aryl methyl sites for hydroxylation is 1. The normalized spacial score (nSPS) is 10.9. The molecular weight excluding hydrogens is 270 g/mol. The third-order valence-corrected chi connectivity index (χ3v) is 3.31. The summed E-state index contributed by atoms with van der Waals surface area (Å²) in [5, 5.41) is 0.491. The number of aromatic nitrogens is 2. The predicted molar refractivity (Wildman–Crippen MR) is 85.0 cm³/mol. The first-order chi connectivity index (χ1) is 9.51. The van der Waals surface area contributed by atoms with Gasteiger partial charge in [0.05, 0.1) is 0 Å². The second-order valence-corrected chi connectivity index (χ2v) is 5.53. The van der Waals surface area contributed by atoms with Crippen LogP contribution in [0.5, 0.6) is 0 Å². The molecule has 1 heterocycles. The maximum atomic E-state index is 6.14. The van der Waals surface area contributed by atoms with Gasteiger partial charge in [-0.25, -0.2) is 9.97 Å². The lowest BCUT2D eigenvalue weighted by atomic mass is 10.2. The number of hydrogen-bond donors (Lipinski definition) is 0. The molecule has 20 heavy (non-hydrogen) atoms. The summed E-state index contributed by atoms with van der Waals surface area (Å²) in [7, 11) is 0. The van der Waals surface area contributed by atoms with E-state index in [0.29, 0.717) is 5.15 Å². The highest BCUT2D eigenvalue weighted by Gasteiger charge is 2.13. The lowest BCUT2D eigenvalue weighted by Gasteiger charge is -2.23. The molecule has 3 nitrogen and oxygen atoms in total. The molecule has 0 radical (unpaired) electrons. The Labute approximate surface area is 125 Å². The Morgan fingerprint density at radius 3 is 2.55 bits per heavy atom. The quantitative estimate of drug-likeness (QED) is 0.763. The van der Waals surface area contributed by atoms with Crippen LogP contribution in [0.4, 0.5) is 11.5 Å². The third kappa shape index (κ3) is 3.28. The van der Waals surface area contributed by atoms with Gasteiger partial charge in [0.1, 0.15) is 16.8 Å². The molecule has 0 unspecified atom stereocenters. The third-order valence-electron chi connectivity index (χ3n) is 3.12. The summed E-state index contributed by atoms with van der Waals surface area (Å²) in [6, 6.07) is 10.2. The Balaban J connectivity index is 2.46. The van der Waals surface area contributed by atoms with E-state index < -0.39 is 0 Å². The molecule has 4 heteroatoms. The van der Waals surface area contributed by atoms with Crippen LogP contribution in [0, 0.1) is 6.92 Å². The van der Waals surface area contributed by atoms with E-state index in [-0.39, 0.29) is 5.92 Å². The second kappa shape index (κ2) is 6.23. The Bertz CT molecular complexity index is 596. The van der Waals surface area contributed by atoms with Crippen molar-refractivity contribution in [3.05, 3.63) is 46.9 Å². The Morgan fingerprint density at radius 1 is 1.20 bits per heavy atom. The van der Waals surface area contributed by atoms with Gasteiger partial charge in [-0.15, -0.1) is 0 Å². The molecule has 0 bridgehead atoms. The SMILES string of the molecule is CCN(c1cccc(C)c1)c1cc(Cl)nc(C(C)C)n1. The molecule has 2 rings (SSSR count). The molecule has 0 spiro atoms. The summed E-state index contributed by atoms with van der Waals surface area (Å²) < 4.78 is 0. The minimum absolute atomic E-state index is 0.253. The van der Waals surface area contributed by atoms with Gasteiger partial charge < -0.3 is 4.90 Å². The van der Waals surface area contributed by atoms with E-state index in [1.807, 2.05) is 6.07 Å². The van der Waals surface area contributed by atoms with Crippen molar-refractivity contribution < 1.29 is 0 Å². The van der Waals surface area contributed by atoms with E-state index in [9.17, 15) is 0 Å². The Kier molecular flexibility index (Phi) is 4.61. The highest BCUT2D eigenvalue weighted by molar-refractivity contribution is 6.29. The molecule has 0 saturated carbocycles. The summed E-state index contributed by atoms with van der Waals surface area (Å²) >= 11 is 6.14. The molecule has 1 aromatic heterocycles. The highest BCUT2D eigenvalue weighted by atomic mass is 35.5. The smallest absolute Gasteiger partial charge is 0.138 e. The second-order valence-electron chi connectivity index (χ2n) is 5.15. The molecule has 0 atom stereocenters. The maximum absolute atomic E-state index is 6.14. The molecule has 0 aliphatic carbocycles. The summed E-state index contributed by atoms with van der Waals surface area (Å²) in [5.74, 6) is 1.88. The van der Waals surface area contributed by atoms with Crippen LogP contribution in [-0.2, 0) is 0 Å². The lowest BCUT2D eigenvalue weighted by Crippen LogP contribution is -2.18. The van der Waals surface area contributed by atoms with Crippen LogP contribution in [0.3, 0.4) is 0 Å². The van der Waals surface area contributed by atoms with Crippen molar-refractivity contribution in [2.75, 3.05) is 11.4 Å². The van der Waals surface area contributed by atoms with E-state index in [4.69, 9.17) is 11.6 Å². The number of anilines is 2. The minimum atomic E-state index is 0.253. The van der Waals surface area contributed by atoms with Crippen molar-refractivity contribution in [1.29, 1.82) is 0 Å². The molecule has 0 aliphatic heterocycles. The zero-order chi connectivity index (χ0) is 14.7. The van der Waals surface area contributed by atoms with Crippen LogP contribution in [0.15, 0.2) is 30.3 Å². The first kappa shape index (κ1) is 14.8. The average Bonchev–Trinajstić information content (AvgIpc) is 2.39. The molecule has 0 amide bonds. The molecule has 1 aromatic carbocycles. The van der Waals surface area contributed by atoms with Gasteiger partial charge in [-0.1, -0.05) is 37.6 Å². The Hall–Kier alpha value is -1.61. The van der Waals surface area contributed by atoms with Gasteiger partial charge in [-0.2, -0.15) is 0 Å². The molecule has 0 aliphatic rings. The minimum Gasteiger partial charge on any atom is -0.327 e. The summed E-state index contributed by atoms with van der Waals surface area (Å²) in [6.45, 7) is 9.16. The van der Waals surface area contributed by atoms with E-state index in [1.165, 1.54) is 5.56 Å². The highest BCUT2D eigenvalue weighted by Crippen LogP contribution is 2.27. The molecule has 2 aromatic rings. The fourth-order valence-electron chi connectivity index (χ4n) is 2.09. The largest absolute Gasteiger partial charge is 0.327 e. The van der Waals surface area contributed by atoms with E-state index in [1.54, 1.807) is 0 Å². The molecule has 106 valence electrons. The van der Waals surface area contributed by atoms with Crippen molar-refractivity contribution in [2.45, 2.75) is 33.6 Å². The molecule has 0 N–H and O–H groups in total. The number of benzene rings is 1.